The van der Waals surface area contributed by atoms with Gasteiger partial charge in [-0.1, -0.05) is 44.1 Å². The summed E-state index contributed by atoms with van der Waals surface area (Å²) in [6.07, 6.45) is 0. The third-order valence-corrected chi connectivity index (χ3v) is 3.88. The van der Waals surface area contributed by atoms with E-state index in [-0.39, 0.29) is 10.6 Å². The molecular weight excluding hydrogens is 423 g/mol. The first-order valence-corrected chi connectivity index (χ1v) is 7.73. The van der Waals surface area contributed by atoms with Crippen molar-refractivity contribution in [3.63, 3.8) is 0 Å². The Morgan fingerprint density at radius 3 is 2.24 bits per heavy atom. The molecule has 0 spiro atoms. The van der Waals surface area contributed by atoms with Gasteiger partial charge in [-0.25, -0.2) is 4.39 Å². The van der Waals surface area contributed by atoms with Crippen LogP contribution in [0.5, 0.6) is 0 Å². The summed E-state index contributed by atoms with van der Waals surface area (Å²) in [4.78, 5) is 12.3. The van der Waals surface area contributed by atoms with Gasteiger partial charge in [-0.15, -0.1) is 0 Å². The average Bonchev–Trinajstić information content (AvgIpc) is 2.37. The molecule has 0 saturated carbocycles. The van der Waals surface area contributed by atoms with E-state index in [2.05, 4.69) is 37.2 Å². The fourth-order valence-electron chi connectivity index (χ4n) is 1.70. The van der Waals surface area contributed by atoms with Crippen molar-refractivity contribution in [2.45, 2.75) is 0 Å². The monoisotopic (exact) mass is 430 g/mol. The third kappa shape index (κ3) is 3.87. The number of hydrogen-bond donors (Lipinski definition) is 2. The van der Waals surface area contributed by atoms with Gasteiger partial charge < -0.3 is 11.1 Å². The van der Waals surface area contributed by atoms with E-state index in [9.17, 15) is 9.18 Å². The molecule has 0 fully saturated rings. The second-order valence-corrected chi connectivity index (χ2v) is 6.40. The molecule has 7 heteroatoms. The molecule has 0 aliphatic rings. The van der Waals surface area contributed by atoms with Crippen LogP contribution in [0.15, 0.2) is 45.3 Å². The van der Waals surface area contributed by atoms with Crippen LogP contribution in [0.2, 0.25) is 0 Å². The van der Waals surface area contributed by atoms with Crippen molar-refractivity contribution in [1.82, 2.24) is 0 Å². The molecule has 0 aliphatic carbocycles. The maximum atomic E-state index is 13.8. The SMILES string of the molecule is NC(=S)c1ccc(Br)cc1NC(=O)c1ccc(Br)cc1F. The van der Waals surface area contributed by atoms with E-state index in [4.69, 9.17) is 18.0 Å². The van der Waals surface area contributed by atoms with Crippen molar-refractivity contribution < 1.29 is 9.18 Å². The van der Waals surface area contributed by atoms with E-state index >= 15 is 0 Å². The largest absolute Gasteiger partial charge is 0.389 e. The van der Waals surface area contributed by atoms with E-state index in [1.54, 1.807) is 24.3 Å². The summed E-state index contributed by atoms with van der Waals surface area (Å²) in [6.45, 7) is 0. The molecule has 3 nitrogen and oxygen atoms in total. The minimum atomic E-state index is -0.617. The van der Waals surface area contributed by atoms with Crippen LogP contribution in [-0.4, -0.2) is 10.9 Å². The van der Waals surface area contributed by atoms with Crippen molar-refractivity contribution in [3.8, 4) is 0 Å². The second kappa shape index (κ2) is 6.64. The van der Waals surface area contributed by atoms with Gasteiger partial charge in [0.2, 0.25) is 0 Å². The van der Waals surface area contributed by atoms with Crippen LogP contribution >= 0.6 is 44.1 Å². The number of rotatable bonds is 3. The lowest BCUT2D eigenvalue weighted by Gasteiger charge is -2.11. The molecule has 0 unspecified atom stereocenters. The topological polar surface area (TPSA) is 55.1 Å². The van der Waals surface area contributed by atoms with Crippen LogP contribution < -0.4 is 11.1 Å². The normalized spacial score (nSPS) is 10.2. The summed E-state index contributed by atoms with van der Waals surface area (Å²) in [6, 6.07) is 9.30. The minimum absolute atomic E-state index is 0.0629. The molecule has 108 valence electrons. The fourth-order valence-corrected chi connectivity index (χ4v) is 2.57. The number of thiocarbonyl (C=S) groups is 1. The van der Waals surface area contributed by atoms with Gasteiger partial charge in [0.15, 0.2) is 0 Å². The highest BCUT2D eigenvalue weighted by Crippen LogP contribution is 2.23. The van der Waals surface area contributed by atoms with Crippen LogP contribution in [0, 0.1) is 5.82 Å². The Hall–Kier alpha value is -1.31. The summed E-state index contributed by atoms with van der Waals surface area (Å²) in [5, 5.41) is 2.62. The Morgan fingerprint density at radius 2 is 1.67 bits per heavy atom. The molecule has 0 bridgehead atoms. The number of anilines is 1. The maximum Gasteiger partial charge on any atom is 0.258 e. The smallest absolute Gasteiger partial charge is 0.258 e. The standard InChI is InChI=1S/C14H9Br2FN2OS/c15-7-1-3-9(11(17)5-7)14(20)19-12-6-8(16)2-4-10(12)13(18)21/h1-6H,(H2,18,21)(H,19,20). The highest BCUT2D eigenvalue weighted by Gasteiger charge is 2.15. The molecule has 21 heavy (non-hydrogen) atoms. The lowest BCUT2D eigenvalue weighted by molar-refractivity contribution is 0.102. The summed E-state index contributed by atoms with van der Waals surface area (Å²) < 4.78 is 15.1. The van der Waals surface area contributed by atoms with Crippen molar-refractivity contribution in [1.29, 1.82) is 0 Å². The summed E-state index contributed by atoms with van der Waals surface area (Å²) in [5.74, 6) is -1.19. The van der Waals surface area contributed by atoms with Gasteiger partial charge in [-0.05, 0) is 36.4 Å². The fraction of sp³-hybridized carbons (Fsp3) is 0. The van der Waals surface area contributed by atoms with Gasteiger partial charge in [0.25, 0.3) is 5.91 Å². The average molecular weight is 432 g/mol. The van der Waals surface area contributed by atoms with Crippen molar-refractivity contribution in [2.24, 2.45) is 5.73 Å². The number of nitrogens with one attached hydrogen (secondary N) is 1. The van der Waals surface area contributed by atoms with Crippen LogP contribution in [0.25, 0.3) is 0 Å². The highest BCUT2D eigenvalue weighted by molar-refractivity contribution is 9.10. The zero-order valence-corrected chi connectivity index (χ0v) is 14.5. The van der Waals surface area contributed by atoms with Gasteiger partial charge in [0.1, 0.15) is 10.8 Å². The molecule has 0 saturated heterocycles. The molecule has 0 aliphatic heterocycles. The van der Waals surface area contributed by atoms with Crippen molar-refractivity contribution in [3.05, 3.63) is 62.3 Å². The first-order chi connectivity index (χ1) is 9.88. The molecule has 1 amide bonds. The van der Waals surface area contributed by atoms with Gasteiger partial charge in [-0.3, -0.25) is 4.79 Å². The highest BCUT2D eigenvalue weighted by atomic mass is 79.9. The Bertz CT molecular complexity index is 737. The van der Waals surface area contributed by atoms with E-state index in [1.807, 2.05) is 0 Å². The number of hydrogen-bond acceptors (Lipinski definition) is 2. The molecule has 2 rings (SSSR count). The quantitative estimate of drug-likeness (QED) is 0.714. The lowest BCUT2D eigenvalue weighted by atomic mass is 10.1. The Kier molecular flexibility index (Phi) is 5.08. The third-order valence-electron chi connectivity index (χ3n) is 2.67. The van der Waals surface area contributed by atoms with Crippen molar-refractivity contribution >= 4 is 60.7 Å². The number of carbonyl (C=O) groups is 1. The van der Waals surface area contributed by atoms with E-state index in [1.165, 1.54) is 12.1 Å². The number of halogens is 3. The maximum absolute atomic E-state index is 13.8. The Balaban J connectivity index is 2.35. The Labute approximate surface area is 143 Å². The van der Waals surface area contributed by atoms with Crippen LogP contribution in [-0.2, 0) is 0 Å². The molecule has 0 heterocycles. The first kappa shape index (κ1) is 16.1. The van der Waals surface area contributed by atoms with Gasteiger partial charge in [0.05, 0.1) is 11.3 Å². The summed E-state index contributed by atoms with van der Waals surface area (Å²) in [5.41, 5.74) is 6.48. The zero-order valence-electron chi connectivity index (χ0n) is 10.5. The molecule has 3 N–H and O–H groups in total. The molecule has 2 aromatic carbocycles. The van der Waals surface area contributed by atoms with E-state index in [0.29, 0.717) is 15.7 Å². The van der Waals surface area contributed by atoms with Crippen LogP contribution in [0.4, 0.5) is 10.1 Å². The zero-order chi connectivity index (χ0) is 15.6. The predicted octanol–water partition coefficient (Wildman–Crippen LogP) is 4.24. The number of benzene rings is 2. The molecular formula is C14H9Br2FN2OS. The molecule has 2 aromatic rings. The van der Waals surface area contributed by atoms with E-state index < -0.39 is 11.7 Å². The summed E-state index contributed by atoms with van der Waals surface area (Å²) >= 11 is 11.4. The predicted molar refractivity (Wildman–Crippen MR) is 92.1 cm³/mol. The van der Waals surface area contributed by atoms with Crippen LogP contribution in [0.3, 0.4) is 0 Å². The summed E-state index contributed by atoms with van der Waals surface area (Å²) in [7, 11) is 0. The second-order valence-electron chi connectivity index (χ2n) is 4.13. The Morgan fingerprint density at radius 1 is 1.10 bits per heavy atom. The number of nitrogens with two attached hydrogens (primary N) is 1. The molecule has 0 radical (unpaired) electrons. The first-order valence-electron chi connectivity index (χ1n) is 5.74. The lowest BCUT2D eigenvalue weighted by Crippen LogP contribution is -2.18. The van der Waals surface area contributed by atoms with Crippen LogP contribution in [0.1, 0.15) is 15.9 Å². The van der Waals surface area contributed by atoms with Gasteiger partial charge in [0, 0.05) is 14.5 Å². The molecule has 0 atom stereocenters. The van der Waals surface area contributed by atoms with E-state index in [0.717, 1.165) is 4.47 Å². The van der Waals surface area contributed by atoms with Gasteiger partial charge in [-0.2, -0.15) is 0 Å². The molecule has 0 aromatic heterocycles. The number of carbonyl (C=O) groups excluding carboxylic acids is 1. The number of amides is 1. The van der Waals surface area contributed by atoms with Crippen molar-refractivity contribution in [2.75, 3.05) is 5.32 Å². The minimum Gasteiger partial charge on any atom is -0.389 e. The van der Waals surface area contributed by atoms with Gasteiger partial charge >= 0.3 is 0 Å².